The molecule has 1 N–H and O–H groups in total. The number of nitrogens with zero attached hydrogens (tertiary/aromatic N) is 3. The molecule has 4 rings (SSSR count). The van der Waals surface area contributed by atoms with Crippen LogP contribution in [0, 0.1) is 13.8 Å². The Morgan fingerprint density at radius 1 is 1.03 bits per heavy atom. The number of hydrogen-bond acceptors (Lipinski definition) is 6. The maximum Gasteiger partial charge on any atom is 0.191 e. The van der Waals surface area contributed by atoms with Gasteiger partial charge in [0.05, 0.1) is 18.6 Å². The van der Waals surface area contributed by atoms with Gasteiger partial charge in [0.25, 0.3) is 0 Å². The van der Waals surface area contributed by atoms with E-state index in [9.17, 15) is 9.59 Å². The summed E-state index contributed by atoms with van der Waals surface area (Å²) in [7, 11) is 1.63. The van der Waals surface area contributed by atoms with Gasteiger partial charge in [-0.2, -0.15) is 0 Å². The molecule has 0 unspecified atom stereocenters. The third-order valence-electron chi connectivity index (χ3n) is 5.93. The molecule has 0 radical (unpaired) electrons. The predicted molar refractivity (Wildman–Crippen MR) is 137 cm³/mol. The molecule has 180 valence electrons. The monoisotopic (exact) mass is 488 g/mol. The molecule has 0 spiro atoms. The second-order valence-corrected chi connectivity index (χ2v) is 9.26. The van der Waals surface area contributed by atoms with Crippen LogP contribution in [0.2, 0.25) is 0 Å². The van der Waals surface area contributed by atoms with Crippen molar-refractivity contribution >= 4 is 23.3 Å². The van der Waals surface area contributed by atoms with Crippen LogP contribution in [0.25, 0.3) is 11.4 Å². The number of aryl methyl sites for hydroxylation is 2. The van der Waals surface area contributed by atoms with E-state index in [0.29, 0.717) is 28.5 Å². The lowest BCUT2D eigenvalue weighted by Crippen LogP contribution is -2.09. The number of ether oxygens (including phenoxy) is 1. The van der Waals surface area contributed by atoms with Gasteiger partial charge in [-0.15, -0.1) is 10.2 Å². The number of methoxy groups -OCH3 is 1. The summed E-state index contributed by atoms with van der Waals surface area (Å²) in [5.41, 5.74) is 4.62. The summed E-state index contributed by atoms with van der Waals surface area (Å²) < 4.78 is 7.33. The summed E-state index contributed by atoms with van der Waals surface area (Å²) in [6.07, 6.45) is 0.806. The molecule has 2 aromatic heterocycles. The number of benzene rings is 2. The van der Waals surface area contributed by atoms with Crippen LogP contribution in [-0.2, 0) is 13.0 Å². The predicted octanol–water partition coefficient (Wildman–Crippen LogP) is 5.32. The van der Waals surface area contributed by atoms with Crippen molar-refractivity contribution < 1.29 is 14.3 Å². The van der Waals surface area contributed by atoms with Crippen LogP contribution in [0.1, 0.15) is 44.6 Å². The summed E-state index contributed by atoms with van der Waals surface area (Å²) in [6, 6.07) is 17.9. The van der Waals surface area contributed by atoms with Gasteiger partial charge in [0.15, 0.2) is 22.5 Å². The van der Waals surface area contributed by atoms with Crippen molar-refractivity contribution in [1.82, 2.24) is 19.7 Å². The molecular weight excluding hydrogens is 460 g/mol. The van der Waals surface area contributed by atoms with Crippen molar-refractivity contribution in [3.8, 4) is 17.1 Å². The Morgan fingerprint density at radius 3 is 2.37 bits per heavy atom. The van der Waals surface area contributed by atoms with Crippen LogP contribution in [0.15, 0.2) is 59.8 Å². The fourth-order valence-electron chi connectivity index (χ4n) is 4.20. The first-order chi connectivity index (χ1) is 16.9. The number of thioether (sulfide) groups is 1. The zero-order chi connectivity index (χ0) is 24.9. The molecule has 7 nitrogen and oxygen atoms in total. The molecular formula is C27H28N4O3S. The molecule has 0 atom stereocenters. The number of ketones is 2. The fourth-order valence-corrected chi connectivity index (χ4v) is 5.03. The summed E-state index contributed by atoms with van der Waals surface area (Å²) in [5, 5.41) is 9.54. The number of aromatic amines is 1. The van der Waals surface area contributed by atoms with Crippen molar-refractivity contribution in [2.75, 3.05) is 12.9 Å². The van der Waals surface area contributed by atoms with E-state index in [1.807, 2.05) is 56.3 Å². The van der Waals surface area contributed by atoms with Crippen LogP contribution in [0.5, 0.6) is 5.75 Å². The molecule has 0 saturated carbocycles. The number of H-pyrrole nitrogens is 1. The SMILES string of the molecule is COc1ccc(-c2nnc(SCC(=O)c3[nH]c(C)c(C(C)=O)c3C)n2CCc2ccccc2)cc1. The van der Waals surface area contributed by atoms with Crippen LogP contribution >= 0.6 is 11.8 Å². The normalized spacial score (nSPS) is 11.0. The quantitative estimate of drug-likeness (QED) is 0.240. The molecule has 0 aliphatic heterocycles. The fraction of sp³-hybridized carbons (Fsp3) is 0.259. The summed E-state index contributed by atoms with van der Waals surface area (Å²) in [5.74, 6) is 1.57. The maximum absolute atomic E-state index is 13.0. The summed E-state index contributed by atoms with van der Waals surface area (Å²) in [4.78, 5) is 28.1. The smallest absolute Gasteiger partial charge is 0.191 e. The molecule has 0 aliphatic carbocycles. The van der Waals surface area contributed by atoms with Gasteiger partial charge in [0.1, 0.15) is 5.75 Å². The van der Waals surface area contributed by atoms with Gasteiger partial charge < -0.3 is 14.3 Å². The van der Waals surface area contributed by atoms with E-state index >= 15 is 0 Å². The summed E-state index contributed by atoms with van der Waals surface area (Å²) in [6.45, 7) is 5.81. The molecule has 2 heterocycles. The summed E-state index contributed by atoms with van der Waals surface area (Å²) >= 11 is 1.35. The first kappa shape index (κ1) is 24.5. The lowest BCUT2D eigenvalue weighted by Gasteiger charge is -2.11. The Morgan fingerprint density at radius 2 is 1.74 bits per heavy atom. The molecule has 0 amide bonds. The average Bonchev–Trinajstić information content (AvgIpc) is 3.41. The number of rotatable bonds is 10. The van der Waals surface area contributed by atoms with Crippen LogP contribution in [0.3, 0.4) is 0 Å². The lowest BCUT2D eigenvalue weighted by atomic mass is 10.1. The standard InChI is InChI=1S/C27H28N4O3S/c1-17-24(19(3)32)18(2)28-25(17)23(33)16-35-27-30-29-26(21-10-12-22(34-4)13-11-21)31(27)15-14-20-8-6-5-7-9-20/h5-13,28H,14-16H2,1-4H3. The topological polar surface area (TPSA) is 89.9 Å². The maximum atomic E-state index is 13.0. The highest BCUT2D eigenvalue weighted by Crippen LogP contribution is 2.27. The highest BCUT2D eigenvalue weighted by Gasteiger charge is 2.21. The number of Topliss-reactive ketones (excluding diaryl/α,β-unsaturated/α-hetero) is 2. The van der Waals surface area contributed by atoms with Crippen molar-refractivity contribution in [3.05, 3.63) is 82.7 Å². The Kier molecular flexibility index (Phi) is 7.51. The molecule has 4 aromatic rings. The Labute approximate surface area is 208 Å². The van der Waals surface area contributed by atoms with Gasteiger partial charge in [-0.1, -0.05) is 42.1 Å². The van der Waals surface area contributed by atoms with Crippen LogP contribution < -0.4 is 4.74 Å². The van der Waals surface area contributed by atoms with Crippen LogP contribution in [0.4, 0.5) is 0 Å². The van der Waals surface area contributed by atoms with Gasteiger partial charge in [-0.05, 0) is 62.6 Å². The number of aromatic nitrogens is 4. The van der Waals surface area contributed by atoms with Gasteiger partial charge in [0.2, 0.25) is 0 Å². The number of carbonyl (C=O) groups is 2. The average molecular weight is 489 g/mol. The third kappa shape index (κ3) is 5.38. The Balaban J connectivity index is 1.59. The molecule has 35 heavy (non-hydrogen) atoms. The second-order valence-electron chi connectivity index (χ2n) is 8.31. The lowest BCUT2D eigenvalue weighted by molar-refractivity contribution is 0.101. The van der Waals surface area contributed by atoms with E-state index in [2.05, 4.69) is 31.9 Å². The van der Waals surface area contributed by atoms with Gasteiger partial charge >= 0.3 is 0 Å². The van der Waals surface area contributed by atoms with E-state index in [1.54, 1.807) is 7.11 Å². The van der Waals surface area contributed by atoms with Crippen molar-refractivity contribution in [2.45, 2.75) is 38.9 Å². The largest absolute Gasteiger partial charge is 0.497 e. The number of carbonyl (C=O) groups excluding carboxylic acids is 2. The first-order valence-corrected chi connectivity index (χ1v) is 12.3. The van der Waals surface area contributed by atoms with Gasteiger partial charge in [-0.3, -0.25) is 9.59 Å². The molecule has 2 aromatic carbocycles. The Hall–Kier alpha value is -3.65. The highest BCUT2D eigenvalue weighted by atomic mass is 32.2. The molecule has 0 aliphatic rings. The van der Waals surface area contributed by atoms with Crippen molar-refractivity contribution in [1.29, 1.82) is 0 Å². The third-order valence-corrected chi connectivity index (χ3v) is 6.90. The second kappa shape index (κ2) is 10.7. The van der Waals surface area contributed by atoms with Gasteiger partial charge in [0, 0.05) is 23.4 Å². The first-order valence-electron chi connectivity index (χ1n) is 11.4. The number of hydrogen-bond donors (Lipinski definition) is 1. The van der Waals surface area contributed by atoms with E-state index in [4.69, 9.17) is 4.74 Å². The Bertz CT molecular complexity index is 1340. The number of nitrogens with one attached hydrogen (secondary N) is 1. The van der Waals surface area contributed by atoms with E-state index in [1.165, 1.54) is 24.2 Å². The highest BCUT2D eigenvalue weighted by molar-refractivity contribution is 7.99. The molecule has 8 heteroatoms. The minimum absolute atomic E-state index is 0.0484. The minimum atomic E-state index is -0.0771. The van der Waals surface area contributed by atoms with E-state index in [0.717, 1.165) is 29.3 Å². The van der Waals surface area contributed by atoms with Crippen molar-refractivity contribution in [3.63, 3.8) is 0 Å². The van der Waals surface area contributed by atoms with Crippen molar-refractivity contribution in [2.24, 2.45) is 0 Å². The van der Waals surface area contributed by atoms with E-state index in [-0.39, 0.29) is 17.3 Å². The molecule has 0 bridgehead atoms. The van der Waals surface area contributed by atoms with Crippen LogP contribution in [-0.4, -0.2) is 44.2 Å². The molecule has 0 saturated heterocycles. The zero-order valence-corrected chi connectivity index (χ0v) is 21.1. The zero-order valence-electron chi connectivity index (χ0n) is 20.3. The minimum Gasteiger partial charge on any atom is -0.497 e. The van der Waals surface area contributed by atoms with Gasteiger partial charge in [-0.25, -0.2) is 0 Å². The molecule has 0 fully saturated rings. The van der Waals surface area contributed by atoms with E-state index < -0.39 is 0 Å².